The van der Waals surface area contributed by atoms with Crippen LogP contribution in [-0.4, -0.2) is 37.3 Å². The zero-order chi connectivity index (χ0) is 9.94. The van der Waals surface area contributed by atoms with Crippen molar-refractivity contribution in [1.82, 2.24) is 0 Å². The molecule has 0 aromatic rings. The van der Waals surface area contributed by atoms with Crippen LogP contribution in [0.2, 0.25) is 0 Å². The second-order valence-corrected chi connectivity index (χ2v) is 3.34. The van der Waals surface area contributed by atoms with Gasteiger partial charge in [0.2, 0.25) is 0 Å². The Bertz CT molecular complexity index is 146. The molecule has 0 bridgehead atoms. The summed E-state index contributed by atoms with van der Waals surface area (Å²) in [5.41, 5.74) is 0. The van der Waals surface area contributed by atoms with Crippen molar-refractivity contribution in [3.05, 3.63) is 12.7 Å². The third-order valence-corrected chi connectivity index (χ3v) is 2.05. The Morgan fingerprint density at radius 1 is 1.07 bits per heavy atom. The van der Waals surface area contributed by atoms with Crippen LogP contribution >= 0.6 is 0 Å². The molecular formula is C11H23BiO2. The van der Waals surface area contributed by atoms with Crippen molar-refractivity contribution in [3.63, 3.8) is 0 Å². The first-order valence-corrected chi connectivity index (χ1v) is 5.10. The van der Waals surface area contributed by atoms with Gasteiger partial charge in [-0.05, 0) is 19.3 Å². The number of unbranched alkanes of at least 4 members (excludes halogenated alkanes) is 6. The predicted molar refractivity (Wildman–Crippen MR) is 64.7 cm³/mol. The average Bonchev–Trinajstić information content (AvgIpc) is 2.09. The number of aliphatic carboxylic acids is 1. The van der Waals surface area contributed by atoms with E-state index in [2.05, 4.69) is 6.58 Å². The van der Waals surface area contributed by atoms with Crippen molar-refractivity contribution in [2.75, 3.05) is 0 Å². The van der Waals surface area contributed by atoms with Crippen LogP contribution in [0.25, 0.3) is 0 Å². The van der Waals surface area contributed by atoms with E-state index in [1.165, 1.54) is 25.7 Å². The second kappa shape index (κ2) is 13.1. The number of carbonyl (C=O) groups is 1. The van der Waals surface area contributed by atoms with Gasteiger partial charge in [-0.15, -0.1) is 6.58 Å². The summed E-state index contributed by atoms with van der Waals surface area (Å²) in [5.74, 6) is -0.674. The Morgan fingerprint density at radius 3 is 2.07 bits per heavy atom. The van der Waals surface area contributed by atoms with Gasteiger partial charge in [0.1, 0.15) is 0 Å². The van der Waals surface area contributed by atoms with E-state index in [0.717, 1.165) is 19.3 Å². The normalized spacial score (nSPS) is 9.14. The molecule has 3 heteroatoms. The zero-order valence-electron chi connectivity index (χ0n) is 9.00. The molecule has 0 spiro atoms. The van der Waals surface area contributed by atoms with Crippen LogP contribution < -0.4 is 0 Å². The Morgan fingerprint density at radius 2 is 1.57 bits per heavy atom. The number of rotatable bonds is 9. The zero-order valence-corrected chi connectivity index (χ0v) is 14.5. The molecule has 0 aliphatic heterocycles. The van der Waals surface area contributed by atoms with E-state index >= 15 is 0 Å². The summed E-state index contributed by atoms with van der Waals surface area (Å²) in [5, 5.41) is 8.38. The van der Waals surface area contributed by atoms with Crippen LogP contribution in [0.3, 0.4) is 0 Å². The Balaban J connectivity index is 0. The van der Waals surface area contributed by atoms with Gasteiger partial charge >= 0.3 is 32.2 Å². The molecule has 1 N–H and O–H groups in total. The number of allylic oxidation sites excluding steroid dienone is 1. The number of hydrogen-bond donors (Lipinski definition) is 1. The van der Waals surface area contributed by atoms with Crippen LogP contribution in [0.1, 0.15) is 51.4 Å². The molecule has 0 aliphatic rings. The summed E-state index contributed by atoms with van der Waals surface area (Å²) >= 11 is 0. The molecule has 14 heavy (non-hydrogen) atoms. The Kier molecular flexibility index (Phi) is 15.5. The van der Waals surface area contributed by atoms with Crippen LogP contribution in [0, 0.1) is 0 Å². The van der Waals surface area contributed by atoms with E-state index in [9.17, 15) is 4.79 Å². The third-order valence-electron chi connectivity index (χ3n) is 2.05. The van der Waals surface area contributed by atoms with Crippen molar-refractivity contribution in [2.24, 2.45) is 0 Å². The van der Waals surface area contributed by atoms with Crippen LogP contribution in [-0.2, 0) is 4.79 Å². The fraction of sp³-hybridized carbons (Fsp3) is 0.727. The first-order valence-electron chi connectivity index (χ1n) is 5.10. The summed E-state index contributed by atoms with van der Waals surface area (Å²) < 4.78 is 0. The molecule has 0 aromatic heterocycles. The maximum absolute atomic E-state index is 10.2. The van der Waals surface area contributed by atoms with Gasteiger partial charge in [0, 0.05) is 6.42 Å². The molecular weight excluding hydrogens is 373 g/mol. The van der Waals surface area contributed by atoms with E-state index in [1.54, 1.807) is 0 Å². The van der Waals surface area contributed by atoms with Gasteiger partial charge in [0.05, 0.1) is 0 Å². The average molecular weight is 396 g/mol. The molecule has 0 rings (SSSR count). The van der Waals surface area contributed by atoms with Gasteiger partial charge in [0.25, 0.3) is 0 Å². The van der Waals surface area contributed by atoms with Crippen molar-refractivity contribution in [3.8, 4) is 0 Å². The molecule has 0 amide bonds. The van der Waals surface area contributed by atoms with Crippen molar-refractivity contribution in [2.45, 2.75) is 51.4 Å². The molecule has 84 valence electrons. The van der Waals surface area contributed by atoms with E-state index in [0.29, 0.717) is 6.42 Å². The molecule has 0 aromatic carbocycles. The predicted octanol–water partition coefficient (Wildman–Crippen LogP) is 2.19. The van der Waals surface area contributed by atoms with Gasteiger partial charge in [-0.3, -0.25) is 4.79 Å². The molecule has 0 saturated heterocycles. The Labute approximate surface area is 106 Å². The van der Waals surface area contributed by atoms with Crippen LogP contribution in [0.15, 0.2) is 12.7 Å². The molecule has 0 heterocycles. The molecule has 0 aliphatic carbocycles. The summed E-state index contributed by atoms with van der Waals surface area (Å²) in [4.78, 5) is 10.2. The fourth-order valence-corrected chi connectivity index (χ4v) is 1.27. The van der Waals surface area contributed by atoms with E-state index in [-0.39, 0.29) is 26.2 Å². The van der Waals surface area contributed by atoms with E-state index in [1.807, 2.05) is 6.08 Å². The summed E-state index contributed by atoms with van der Waals surface area (Å²) in [6.07, 6.45) is 10.1. The van der Waals surface area contributed by atoms with Gasteiger partial charge in [0.15, 0.2) is 0 Å². The van der Waals surface area contributed by atoms with E-state index < -0.39 is 5.97 Å². The van der Waals surface area contributed by atoms with Gasteiger partial charge < -0.3 is 5.11 Å². The van der Waals surface area contributed by atoms with Crippen molar-refractivity contribution in [1.29, 1.82) is 0 Å². The second-order valence-electron chi connectivity index (χ2n) is 3.34. The number of carboxylic acid groups (broad SMARTS) is 1. The standard InChI is InChI=1S/C11H20O2.Bi.3H/c1-2-3-4-5-6-7-8-9-10-11(12)13;;;;/h2H,1,3-10H2,(H,12,13);;;;. The minimum absolute atomic E-state index is 0. The summed E-state index contributed by atoms with van der Waals surface area (Å²) in [7, 11) is 0. The maximum atomic E-state index is 10.2. The third kappa shape index (κ3) is 14.6. The fourth-order valence-electron chi connectivity index (χ4n) is 1.27. The first kappa shape index (κ1) is 16.5. The molecule has 2 nitrogen and oxygen atoms in total. The quantitative estimate of drug-likeness (QED) is 0.369. The summed E-state index contributed by atoms with van der Waals surface area (Å²) in [6, 6.07) is 0. The topological polar surface area (TPSA) is 37.3 Å². The summed E-state index contributed by atoms with van der Waals surface area (Å²) in [6.45, 7) is 3.66. The van der Waals surface area contributed by atoms with Crippen LogP contribution in [0.5, 0.6) is 0 Å². The monoisotopic (exact) mass is 396 g/mol. The van der Waals surface area contributed by atoms with Crippen molar-refractivity contribution >= 4 is 32.2 Å². The molecule has 0 atom stereocenters. The molecule has 0 radical (unpaired) electrons. The molecule has 0 saturated carbocycles. The van der Waals surface area contributed by atoms with Crippen LogP contribution in [0.4, 0.5) is 0 Å². The van der Waals surface area contributed by atoms with Crippen molar-refractivity contribution < 1.29 is 9.90 Å². The number of carboxylic acids is 1. The molecule has 0 fully saturated rings. The van der Waals surface area contributed by atoms with Gasteiger partial charge in [-0.25, -0.2) is 0 Å². The minimum atomic E-state index is -0.674. The van der Waals surface area contributed by atoms with Gasteiger partial charge in [-0.2, -0.15) is 0 Å². The molecule has 0 unspecified atom stereocenters. The van der Waals surface area contributed by atoms with Gasteiger partial charge in [-0.1, -0.05) is 31.8 Å². The Hall–Kier alpha value is 0.0931. The first-order chi connectivity index (χ1) is 6.27. The number of hydrogen-bond acceptors (Lipinski definition) is 1. The SMILES string of the molecule is C=CCCCCCCCCC(=O)O.[BiH3]. The van der Waals surface area contributed by atoms with E-state index in [4.69, 9.17) is 5.11 Å².